The molecule has 1 fully saturated rings. The SMILES string of the molecule is COC(=O)c1csc(CN(CCC(C)C)C(=O)[C@@H]2C[C@H]2c2ccccc2)n1. The zero-order valence-corrected chi connectivity index (χ0v) is 16.9. The zero-order chi connectivity index (χ0) is 19.4. The van der Waals surface area contributed by atoms with E-state index in [0.717, 1.165) is 17.8 Å². The number of rotatable bonds is 8. The third-order valence-electron chi connectivity index (χ3n) is 4.90. The fourth-order valence-electron chi connectivity index (χ4n) is 3.20. The van der Waals surface area contributed by atoms with Crippen molar-refractivity contribution in [2.75, 3.05) is 13.7 Å². The van der Waals surface area contributed by atoms with Crippen LogP contribution in [0.2, 0.25) is 0 Å². The molecule has 1 aliphatic rings. The van der Waals surface area contributed by atoms with Crippen molar-refractivity contribution in [1.29, 1.82) is 0 Å². The van der Waals surface area contributed by atoms with Gasteiger partial charge in [-0.3, -0.25) is 4.79 Å². The van der Waals surface area contributed by atoms with E-state index in [9.17, 15) is 9.59 Å². The third-order valence-corrected chi connectivity index (χ3v) is 5.73. The van der Waals surface area contributed by atoms with Crippen molar-refractivity contribution >= 4 is 23.2 Å². The molecule has 0 unspecified atom stereocenters. The van der Waals surface area contributed by atoms with Crippen LogP contribution in [0.25, 0.3) is 0 Å². The number of amides is 1. The zero-order valence-electron chi connectivity index (χ0n) is 16.1. The Morgan fingerprint density at radius 2 is 2.04 bits per heavy atom. The van der Waals surface area contributed by atoms with E-state index in [-0.39, 0.29) is 11.8 Å². The summed E-state index contributed by atoms with van der Waals surface area (Å²) in [6, 6.07) is 10.2. The fraction of sp³-hybridized carbons (Fsp3) is 0.476. The van der Waals surface area contributed by atoms with Crippen LogP contribution in [0.4, 0.5) is 0 Å². The minimum atomic E-state index is -0.441. The second-order valence-electron chi connectivity index (χ2n) is 7.42. The monoisotopic (exact) mass is 386 g/mol. The van der Waals surface area contributed by atoms with E-state index in [4.69, 9.17) is 4.74 Å². The lowest BCUT2D eigenvalue weighted by molar-refractivity contribution is -0.133. The average molecular weight is 387 g/mol. The van der Waals surface area contributed by atoms with E-state index in [1.165, 1.54) is 24.0 Å². The van der Waals surface area contributed by atoms with Crippen LogP contribution in [0.15, 0.2) is 35.7 Å². The molecule has 1 aromatic heterocycles. The molecule has 5 nitrogen and oxygen atoms in total. The van der Waals surface area contributed by atoms with Gasteiger partial charge in [0.05, 0.1) is 13.7 Å². The highest BCUT2D eigenvalue weighted by molar-refractivity contribution is 7.09. The van der Waals surface area contributed by atoms with Gasteiger partial charge in [0.2, 0.25) is 5.91 Å². The van der Waals surface area contributed by atoms with Gasteiger partial charge in [-0.2, -0.15) is 0 Å². The summed E-state index contributed by atoms with van der Waals surface area (Å²) in [5.74, 6) is 0.649. The lowest BCUT2D eigenvalue weighted by atomic mass is 10.1. The number of benzene rings is 1. The first-order chi connectivity index (χ1) is 13.0. The van der Waals surface area contributed by atoms with Gasteiger partial charge in [0.15, 0.2) is 5.69 Å². The van der Waals surface area contributed by atoms with Crippen LogP contribution in [-0.4, -0.2) is 35.4 Å². The van der Waals surface area contributed by atoms with Gasteiger partial charge in [-0.05, 0) is 30.2 Å². The molecule has 0 bridgehead atoms. The molecule has 1 heterocycles. The van der Waals surface area contributed by atoms with E-state index in [2.05, 4.69) is 31.0 Å². The maximum Gasteiger partial charge on any atom is 0.357 e. The highest BCUT2D eigenvalue weighted by Gasteiger charge is 2.45. The van der Waals surface area contributed by atoms with Crippen molar-refractivity contribution in [3.05, 3.63) is 52.0 Å². The molecule has 3 rings (SSSR count). The van der Waals surface area contributed by atoms with Gasteiger partial charge in [-0.25, -0.2) is 9.78 Å². The molecule has 0 saturated heterocycles. The standard InChI is InChI=1S/C21H26N2O3S/c1-14(2)9-10-23(12-19-22-18(13-27-19)21(25)26-3)20(24)17-11-16(17)15-7-5-4-6-8-15/h4-8,13-14,16-17H,9-12H2,1-3H3/t16-,17+/m0/s1. The van der Waals surface area contributed by atoms with Gasteiger partial charge in [0.1, 0.15) is 5.01 Å². The molecule has 0 spiro atoms. The first kappa shape index (κ1) is 19.5. The maximum absolute atomic E-state index is 13.1. The quantitative estimate of drug-likeness (QED) is 0.641. The molecule has 1 saturated carbocycles. The number of nitrogens with zero attached hydrogens (tertiary/aromatic N) is 2. The second kappa shape index (κ2) is 8.65. The smallest absolute Gasteiger partial charge is 0.357 e. The molecule has 0 N–H and O–H groups in total. The summed E-state index contributed by atoms with van der Waals surface area (Å²) in [6.45, 7) is 5.48. The van der Waals surface area contributed by atoms with E-state index >= 15 is 0 Å². The van der Waals surface area contributed by atoms with Crippen molar-refractivity contribution in [1.82, 2.24) is 9.88 Å². The van der Waals surface area contributed by atoms with Crippen LogP contribution in [0.3, 0.4) is 0 Å². The molecular formula is C21H26N2O3S. The minimum absolute atomic E-state index is 0.0552. The Morgan fingerprint density at radius 1 is 1.30 bits per heavy atom. The second-order valence-corrected chi connectivity index (χ2v) is 8.36. The molecular weight excluding hydrogens is 360 g/mol. The summed E-state index contributed by atoms with van der Waals surface area (Å²) in [6.07, 6.45) is 1.86. The summed E-state index contributed by atoms with van der Waals surface area (Å²) in [5, 5.41) is 2.46. The Balaban J connectivity index is 1.68. The number of carbonyl (C=O) groups is 2. The van der Waals surface area contributed by atoms with Gasteiger partial charge in [-0.1, -0.05) is 44.2 Å². The van der Waals surface area contributed by atoms with E-state index in [0.29, 0.717) is 30.6 Å². The molecule has 6 heteroatoms. The van der Waals surface area contributed by atoms with Gasteiger partial charge in [0.25, 0.3) is 0 Å². The van der Waals surface area contributed by atoms with Crippen LogP contribution < -0.4 is 0 Å². The normalized spacial score (nSPS) is 18.4. The number of aromatic nitrogens is 1. The molecule has 0 aliphatic heterocycles. The van der Waals surface area contributed by atoms with E-state index in [1.807, 2.05) is 23.1 Å². The molecule has 2 atom stereocenters. The lowest BCUT2D eigenvalue weighted by Crippen LogP contribution is -2.33. The molecule has 27 heavy (non-hydrogen) atoms. The number of hydrogen-bond acceptors (Lipinski definition) is 5. The lowest BCUT2D eigenvalue weighted by Gasteiger charge is -2.23. The number of esters is 1. The van der Waals surface area contributed by atoms with Crippen LogP contribution in [0, 0.1) is 11.8 Å². The average Bonchev–Trinajstić information content (AvgIpc) is 3.35. The highest BCUT2D eigenvalue weighted by Crippen LogP contribution is 2.48. The van der Waals surface area contributed by atoms with Gasteiger partial charge >= 0.3 is 5.97 Å². The van der Waals surface area contributed by atoms with Crippen LogP contribution in [0.5, 0.6) is 0 Å². The number of hydrogen-bond donors (Lipinski definition) is 0. The number of ether oxygens (including phenoxy) is 1. The van der Waals surface area contributed by atoms with Crippen LogP contribution in [0.1, 0.15) is 53.7 Å². The Labute approximate surface area is 164 Å². The topological polar surface area (TPSA) is 59.5 Å². The maximum atomic E-state index is 13.1. The van der Waals surface area contributed by atoms with Crippen LogP contribution in [-0.2, 0) is 16.1 Å². The highest BCUT2D eigenvalue weighted by atomic mass is 32.1. The van der Waals surface area contributed by atoms with Crippen molar-refractivity contribution in [2.24, 2.45) is 11.8 Å². The van der Waals surface area contributed by atoms with E-state index < -0.39 is 5.97 Å². The summed E-state index contributed by atoms with van der Waals surface area (Å²) in [5.41, 5.74) is 1.55. The van der Waals surface area contributed by atoms with Gasteiger partial charge in [-0.15, -0.1) is 11.3 Å². The summed E-state index contributed by atoms with van der Waals surface area (Å²) in [4.78, 5) is 31.0. The third kappa shape index (κ3) is 4.95. The Hall–Kier alpha value is -2.21. The van der Waals surface area contributed by atoms with Gasteiger partial charge < -0.3 is 9.64 Å². The molecule has 0 radical (unpaired) electrons. The van der Waals surface area contributed by atoms with Gasteiger partial charge in [0, 0.05) is 17.8 Å². The molecule has 2 aromatic rings. The van der Waals surface area contributed by atoms with Crippen molar-refractivity contribution in [3.63, 3.8) is 0 Å². The summed E-state index contributed by atoms with van der Waals surface area (Å²) >= 11 is 1.40. The minimum Gasteiger partial charge on any atom is -0.464 e. The first-order valence-corrected chi connectivity index (χ1v) is 10.2. The predicted molar refractivity (Wildman–Crippen MR) is 106 cm³/mol. The Bertz CT molecular complexity index is 788. The number of thiazole rings is 1. The molecule has 144 valence electrons. The summed E-state index contributed by atoms with van der Waals surface area (Å²) in [7, 11) is 1.34. The molecule has 1 aromatic carbocycles. The van der Waals surface area contributed by atoms with Crippen LogP contribution >= 0.6 is 11.3 Å². The Morgan fingerprint density at radius 3 is 2.70 bits per heavy atom. The molecule has 1 aliphatic carbocycles. The van der Waals surface area contributed by atoms with Crippen molar-refractivity contribution in [2.45, 2.75) is 39.2 Å². The first-order valence-electron chi connectivity index (χ1n) is 9.36. The van der Waals surface area contributed by atoms with E-state index in [1.54, 1.807) is 5.38 Å². The number of carbonyl (C=O) groups excluding carboxylic acids is 2. The van der Waals surface area contributed by atoms with Crippen molar-refractivity contribution < 1.29 is 14.3 Å². The largest absolute Gasteiger partial charge is 0.464 e. The number of methoxy groups -OCH3 is 1. The predicted octanol–water partition coefficient (Wildman–Crippen LogP) is 4.11. The Kier molecular flexibility index (Phi) is 6.26. The molecule has 1 amide bonds. The van der Waals surface area contributed by atoms with Crippen molar-refractivity contribution in [3.8, 4) is 0 Å². The fourth-order valence-corrected chi connectivity index (χ4v) is 3.98. The summed E-state index contributed by atoms with van der Waals surface area (Å²) < 4.78 is 4.72.